The van der Waals surface area contributed by atoms with E-state index in [1.807, 2.05) is 29.2 Å². The third kappa shape index (κ3) is 6.20. The van der Waals surface area contributed by atoms with Crippen LogP contribution in [0.2, 0.25) is 0 Å². The van der Waals surface area contributed by atoms with Crippen molar-refractivity contribution in [3.8, 4) is 0 Å². The third-order valence-corrected chi connectivity index (χ3v) is 5.73. The normalized spacial score (nSPS) is 18.8. The number of carbonyl (C=O) groups is 1. The second-order valence-corrected chi connectivity index (χ2v) is 7.86. The Kier molecular flexibility index (Phi) is 8.35. The maximum absolute atomic E-state index is 12.6. The van der Waals surface area contributed by atoms with Gasteiger partial charge in [0, 0.05) is 44.9 Å². The van der Waals surface area contributed by atoms with E-state index in [1.165, 1.54) is 6.42 Å². The zero-order valence-corrected chi connectivity index (χ0v) is 18.0. The van der Waals surface area contributed by atoms with Crippen LogP contribution in [0, 0.1) is 0 Å². The van der Waals surface area contributed by atoms with Gasteiger partial charge in [-0.1, -0.05) is 12.1 Å². The van der Waals surface area contributed by atoms with Crippen molar-refractivity contribution in [2.45, 2.75) is 58.6 Å². The Morgan fingerprint density at radius 2 is 1.72 bits per heavy atom. The minimum atomic E-state index is 0.158. The first kappa shape index (κ1) is 21.6. The number of hydrogen-bond acceptors (Lipinski definition) is 3. The van der Waals surface area contributed by atoms with Gasteiger partial charge in [0.15, 0.2) is 5.96 Å². The smallest absolute Gasteiger partial charge is 0.253 e. The van der Waals surface area contributed by atoms with E-state index < -0.39 is 0 Å². The van der Waals surface area contributed by atoms with Gasteiger partial charge in [-0.15, -0.1) is 0 Å². The molecule has 2 heterocycles. The standard InChI is InChI=1S/C23H36N4O2/c1-3-24-23(27-16-12-21(13-17-27)29-4-2)25-18-19-8-10-20(11-9-19)22(28)26-14-6-5-7-15-26/h8-11,21H,3-7,12-18H2,1-2H3,(H,24,25). The van der Waals surface area contributed by atoms with Gasteiger partial charge >= 0.3 is 0 Å². The predicted molar refractivity (Wildman–Crippen MR) is 117 cm³/mol. The van der Waals surface area contributed by atoms with Gasteiger partial charge in [-0.05, 0) is 63.6 Å². The molecule has 6 heteroatoms. The third-order valence-electron chi connectivity index (χ3n) is 5.73. The lowest BCUT2D eigenvalue weighted by Gasteiger charge is -2.34. The Hall–Kier alpha value is -2.08. The number of aliphatic imine (C=N–C) groups is 1. The van der Waals surface area contributed by atoms with Crippen molar-refractivity contribution in [1.82, 2.24) is 15.1 Å². The van der Waals surface area contributed by atoms with Crippen LogP contribution in [0.1, 0.15) is 61.9 Å². The van der Waals surface area contributed by atoms with Crippen molar-refractivity contribution in [2.75, 3.05) is 39.3 Å². The summed E-state index contributed by atoms with van der Waals surface area (Å²) in [6, 6.07) is 7.96. The molecule has 0 radical (unpaired) electrons. The topological polar surface area (TPSA) is 57.2 Å². The lowest BCUT2D eigenvalue weighted by molar-refractivity contribution is 0.0263. The summed E-state index contributed by atoms with van der Waals surface area (Å²) < 4.78 is 5.76. The summed E-state index contributed by atoms with van der Waals surface area (Å²) in [6.07, 6.45) is 5.94. The highest BCUT2D eigenvalue weighted by Crippen LogP contribution is 2.16. The summed E-state index contributed by atoms with van der Waals surface area (Å²) >= 11 is 0. The Bertz CT molecular complexity index is 660. The van der Waals surface area contributed by atoms with Crippen molar-refractivity contribution >= 4 is 11.9 Å². The number of nitrogens with one attached hydrogen (secondary N) is 1. The van der Waals surface area contributed by atoms with Crippen molar-refractivity contribution in [1.29, 1.82) is 0 Å². The van der Waals surface area contributed by atoms with Crippen LogP contribution in [0.3, 0.4) is 0 Å². The van der Waals surface area contributed by atoms with E-state index in [9.17, 15) is 4.79 Å². The van der Waals surface area contributed by atoms with Crippen LogP contribution < -0.4 is 5.32 Å². The van der Waals surface area contributed by atoms with Gasteiger partial charge < -0.3 is 19.9 Å². The number of ether oxygens (including phenoxy) is 1. The summed E-state index contributed by atoms with van der Waals surface area (Å²) in [5.74, 6) is 1.13. The molecule has 160 valence electrons. The lowest BCUT2D eigenvalue weighted by Crippen LogP contribution is -2.47. The highest BCUT2D eigenvalue weighted by Gasteiger charge is 2.21. The van der Waals surface area contributed by atoms with Crippen LogP contribution in [0.15, 0.2) is 29.3 Å². The zero-order valence-electron chi connectivity index (χ0n) is 18.0. The van der Waals surface area contributed by atoms with Gasteiger partial charge in [0.05, 0.1) is 12.6 Å². The molecule has 6 nitrogen and oxygen atoms in total. The number of nitrogens with zero attached hydrogens (tertiary/aromatic N) is 3. The summed E-state index contributed by atoms with van der Waals surface area (Å²) in [7, 11) is 0. The van der Waals surface area contributed by atoms with E-state index in [-0.39, 0.29) is 5.91 Å². The van der Waals surface area contributed by atoms with Crippen LogP contribution in [0.5, 0.6) is 0 Å². The molecule has 2 aliphatic rings. The summed E-state index contributed by atoms with van der Waals surface area (Å²) in [6.45, 7) is 10.1. The Morgan fingerprint density at radius 3 is 2.34 bits per heavy atom. The fraction of sp³-hybridized carbons (Fsp3) is 0.652. The van der Waals surface area contributed by atoms with Gasteiger partial charge in [0.1, 0.15) is 0 Å². The molecule has 0 aromatic heterocycles. The number of benzene rings is 1. The SMILES string of the molecule is CCNC(=NCc1ccc(C(=O)N2CCCCC2)cc1)N1CCC(OCC)CC1. The number of hydrogen-bond donors (Lipinski definition) is 1. The molecule has 1 N–H and O–H groups in total. The summed E-state index contributed by atoms with van der Waals surface area (Å²) in [5, 5.41) is 3.42. The molecule has 2 fully saturated rings. The highest BCUT2D eigenvalue weighted by molar-refractivity contribution is 5.94. The van der Waals surface area contributed by atoms with Crippen molar-refractivity contribution in [3.63, 3.8) is 0 Å². The number of carbonyl (C=O) groups excluding carboxylic acids is 1. The second-order valence-electron chi connectivity index (χ2n) is 7.86. The molecule has 0 spiro atoms. The van der Waals surface area contributed by atoms with E-state index in [4.69, 9.17) is 9.73 Å². The molecule has 1 amide bonds. The molecular weight excluding hydrogens is 364 g/mol. The van der Waals surface area contributed by atoms with E-state index in [1.54, 1.807) is 0 Å². The quantitative estimate of drug-likeness (QED) is 0.588. The molecule has 1 aromatic carbocycles. The van der Waals surface area contributed by atoms with Crippen molar-refractivity contribution in [2.24, 2.45) is 4.99 Å². The Morgan fingerprint density at radius 1 is 1.03 bits per heavy atom. The minimum absolute atomic E-state index is 0.158. The van der Waals surface area contributed by atoms with Gasteiger partial charge in [-0.3, -0.25) is 4.79 Å². The first-order valence-electron chi connectivity index (χ1n) is 11.2. The van der Waals surface area contributed by atoms with E-state index in [0.29, 0.717) is 12.6 Å². The van der Waals surface area contributed by atoms with Gasteiger partial charge in [-0.25, -0.2) is 4.99 Å². The molecule has 2 aliphatic heterocycles. The molecule has 0 bridgehead atoms. The Labute approximate surface area is 175 Å². The summed E-state index contributed by atoms with van der Waals surface area (Å²) in [5.41, 5.74) is 1.91. The minimum Gasteiger partial charge on any atom is -0.378 e. The second kappa shape index (κ2) is 11.2. The number of guanidine groups is 1. The molecule has 0 aliphatic carbocycles. The highest BCUT2D eigenvalue weighted by atomic mass is 16.5. The lowest BCUT2D eigenvalue weighted by atomic mass is 10.1. The van der Waals surface area contributed by atoms with Crippen LogP contribution in [0.4, 0.5) is 0 Å². The first-order chi connectivity index (χ1) is 14.2. The van der Waals surface area contributed by atoms with Gasteiger partial charge in [0.25, 0.3) is 5.91 Å². The van der Waals surface area contributed by atoms with Gasteiger partial charge in [-0.2, -0.15) is 0 Å². The summed E-state index contributed by atoms with van der Waals surface area (Å²) in [4.78, 5) is 21.8. The number of piperidine rings is 2. The molecule has 3 rings (SSSR count). The fourth-order valence-electron chi connectivity index (χ4n) is 4.09. The molecule has 0 atom stereocenters. The number of likely N-dealkylation sites (tertiary alicyclic amines) is 2. The van der Waals surface area contributed by atoms with E-state index in [0.717, 1.165) is 82.1 Å². The van der Waals surface area contributed by atoms with Crippen LogP contribution in [-0.2, 0) is 11.3 Å². The average molecular weight is 401 g/mol. The first-order valence-corrected chi connectivity index (χ1v) is 11.2. The number of rotatable bonds is 6. The zero-order chi connectivity index (χ0) is 20.5. The maximum atomic E-state index is 12.6. The monoisotopic (exact) mass is 400 g/mol. The van der Waals surface area contributed by atoms with Gasteiger partial charge in [0.2, 0.25) is 0 Å². The fourth-order valence-corrected chi connectivity index (χ4v) is 4.09. The van der Waals surface area contributed by atoms with E-state index >= 15 is 0 Å². The predicted octanol–water partition coefficient (Wildman–Crippen LogP) is 3.28. The molecular formula is C23H36N4O2. The van der Waals surface area contributed by atoms with E-state index in [2.05, 4.69) is 24.1 Å². The van der Waals surface area contributed by atoms with Crippen molar-refractivity contribution < 1.29 is 9.53 Å². The average Bonchev–Trinajstić information content (AvgIpc) is 2.78. The van der Waals surface area contributed by atoms with Crippen LogP contribution >= 0.6 is 0 Å². The van der Waals surface area contributed by atoms with Crippen LogP contribution in [0.25, 0.3) is 0 Å². The molecule has 29 heavy (non-hydrogen) atoms. The maximum Gasteiger partial charge on any atom is 0.253 e. The Balaban J connectivity index is 1.57. The number of amides is 1. The molecule has 2 saturated heterocycles. The van der Waals surface area contributed by atoms with Crippen LogP contribution in [-0.4, -0.2) is 67.1 Å². The largest absolute Gasteiger partial charge is 0.378 e. The molecule has 1 aromatic rings. The molecule has 0 unspecified atom stereocenters. The van der Waals surface area contributed by atoms with Crippen molar-refractivity contribution in [3.05, 3.63) is 35.4 Å². The molecule has 0 saturated carbocycles.